The number of hydrogen-bond donors (Lipinski definition) is 3. The monoisotopic (exact) mass is 496 g/mol. The summed E-state index contributed by atoms with van der Waals surface area (Å²) in [6.07, 6.45) is 3.03. The predicted molar refractivity (Wildman–Crippen MR) is 138 cm³/mol. The molecule has 4 heterocycles. The van der Waals surface area contributed by atoms with Gasteiger partial charge in [0.15, 0.2) is 5.67 Å². The van der Waals surface area contributed by atoms with Gasteiger partial charge in [-0.25, -0.2) is 14.4 Å². The Morgan fingerprint density at radius 1 is 1.19 bits per heavy atom. The van der Waals surface area contributed by atoms with E-state index in [0.717, 1.165) is 35.1 Å². The number of pyridine rings is 1. The Bertz CT molecular complexity index is 1240. The van der Waals surface area contributed by atoms with Crippen LogP contribution in [0.1, 0.15) is 31.7 Å². The third-order valence-corrected chi connectivity index (χ3v) is 7.29. The van der Waals surface area contributed by atoms with Gasteiger partial charge in [-0.05, 0) is 42.5 Å². The van der Waals surface area contributed by atoms with Crippen molar-refractivity contribution in [3.05, 3.63) is 42.2 Å². The Kier molecular flexibility index (Phi) is 6.67. The highest BCUT2D eigenvalue weighted by Gasteiger charge is 2.39. The van der Waals surface area contributed by atoms with Crippen molar-refractivity contribution in [2.45, 2.75) is 44.1 Å². The van der Waals surface area contributed by atoms with E-state index in [1.54, 1.807) is 24.3 Å². The quantitative estimate of drug-likeness (QED) is 0.455. The number of rotatable bonds is 7. The number of methoxy groups -OCH3 is 1. The zero-order chi connectivity index (χ0) is 25.4. The van der Waals surface area contributed by atoms with E-state index in [-0.39, 0.29) is 25.2 Å². The molecule has 3 N–H and O–H groups in total. The molecule has 0 amide bonds. The van der Waals surface area contributed by atoms with Crippen LogP contribution >= 0.6 is 0 Å². The van der Waals surface area contributed by atoms with Crippen LogP contribution in [0.4, 0.5) is 27.7 Å². The van der Waals surface area contributed by atoms with E-state index in [2.05, 4.69) is 37.3 Å². The molecule has 5 rings (SSSR count). The molecule has 2 saturated heterocycles. The molecule has 192 valence electrons. The highest BCUT2D eigenvalue weighted by molar-refractivity contribution is 5.98. The van der Waals surface area contributed by atoms with Crippen LogP contribution in [0, 0.1) is 0 Å². The number of alkyl halides is 1. The summed E-state index contributed by atoms with van der Waals surface area (Å²) in [7, 11) is 1.73. The Labute approximate surface area is 209 Å². The molecule has 0 unspecified atom stereocenters. The summed E-state index contributed by atoms with van der Waals surface area (Å²) < 4.78 is 20.1. The number of fused-ring (bicyclic) bond motifs is 1. The van der Waals surface area contributed by atoms with Crippen LogP contribution < -0.4 is 15.1 Å². The standard InChI is InChI=1S/C26H33FN6O3/c1-16(14-34)18-4-5-21(33-12-17(13-33)36-3)20-11-29-24(10-19(18)20)30-23-6-8-28-25(31-23)32-9-7-22(35)26(2,27)15-32/h4-6,8,10-11,16-17,22,34-35H,7,9,12-15H2,1-3H3,(H,28,29,30,31)/t16-,22+,26-/m0/s1. The summed E-state index contributed by atoms with van der Waals surface area (Å²) in [5.41, 5.74) is 0.419. The molecular weight excluding hydrogens is 463 g/mol. The van der Waals surface area contributed by atoms with Crippen LogP contribution in [0.25, 0.3) is 10.8 Å². The van der Waals surface area contributed by atoms with E-state index in [0.29, 0.717) is 30.5 Å². The Morgan fingerprint density at radius 2 is 2.00 bits per heavy atom. The molecule has 0 saturated carbocycles. The van der Waals surface area contributed by atoms with Gasteiger partial charge in [-0.3, -0.25) is 0 Å². The van der Waals surface area contributed by atoms with Crippen molar-refractivity contribution in [1.82, 2.24) is 15.0 Å². The Balaban J connectivity index is 1.43. The van der Waals surface area contributed by atoms with E-state index in [9.17, 15) is 14.6 Å². The van der Waals surface area contributed by atoms with E-state index in [4.69, 9.17) is 4.74 Å². The molecule has 3 aromatic rings. The molecule has 1 aromatic carbocycles. The number of benzene rings is 1. The summed E-state index contributed by atoms with van der Waals surface area (Å²) in [4.78, 5) is 17.6. The molecular formula is C26H33FN6O3. The summed E-state index contributed by atoms with van der Waals surface area (Å²) in [6, 6.07) is 7.88. The van der Waals surface area contributed by atoms with Crippen molar-refractivity contribution in [3.8, 4) is 0 Å². The van der Waals surface area contributed by atoms with Crippen molar-refractivity contribution in [1.29, 1.82) is 0 Å². The highest BCUT2D eigenvalue weighted by atomic mass is 19.1. The first kappa shape index (κ1) is 24.6. The van der Waals surface area contributed by atoms with Crippen molar-refractivity contribution in [2.75, 3.05) is 55.0 Å². The van der Waals surface area contributed by atoms with Gasteiger partial charge in [-0.15, -0.1) is 0 Å². The second kappa shape index (κ2) is 9.76. The number of aromatic nitrogens is 3. The van der Waals surface area contributed by atoms with Gasteiger partial charge in [0.25, 0.3) is 0 Å². The minimum absolute atomic E-state index is 0.0253. The summed E-state index contributed by atoms with van der Waals surface area (Å²) in [6.45, 7) is 5.60. The molecule has 3 atom stereocenters. The van der Waals surface area contributed by atoms with E-state index in [1.807, 2.05) is 19.2 Å². The molecule has 36 heavy (non-hydrogen) atoms. The lowest BCUT2D eigenvalue weighted by atomic mass is 9.94. The molecule has 2 fully saturated rings. The lowest BCUT2D eigenvalue weighted by Gasteiger charge is -2.40. The minimum Gasteiger partial charge on any atom is -0.396 e. The first-order valence-corrected chi connectivity index (χ1v) is 12.3. The van der Waals surface area contributed by atoms with Crippen molar-refractivity contribution in [3.63, 3.8) is 0 Å². The summed E-state index contributed by atoms with van der Waals surface area (Å²) in [5, 5.41) is 25.1. The highest BCUT2D eigenvalue weighted by Crippen LogP contribution is 2.36. The number of piperidine rings is 1. The van der Waals surface area contributed by atoms with Gasteiger partial charge in [0.2, 0.25) is 5.95 Å². The largest absolute Gasteiger partial charge is 0.396 e. The number of aliphatic hydroxyl groups is 2. The van der Waals surface area contributed by atoms with E-state index >= 15 is 0 Å². The third-order valence-electron chi connectivity index (χ3n) is 7.29. The maximum absolute atomic E-state index is 14.7. The van der Waals surface area contributed by atoms with Gasteiger partial charge in [0.05, 0.1) is 18.8 Å². The first-order valence-electron chi connectivity index (χ1n) is 12.3. The first-order chi connectivity index (χ1) is 17.3. The maximum atomic E-state index is 14.7. The van der Waals surface area contributed by atoms with Crippen molar-refractivity contribution in [2.24, 2.45) is 0 Å². The zero-order valence-electron chi connectivity index (χ0n) is 20.9. The second-order valence-corrected chi connectivity index (χ2v) is 10.0. The van der Waals surface area contributed by atoms with Gasteiger partial charge < -0.3 is 30.1 Å². The SMILES string of the molecule is COC1CN(c2ccc([C@@H](C)CO)c3cc(Nc4ccnc(N5CC[C@@H](O)[C@@](C)(F)C5)n4)ncc23)C1. The normalized spacial score (nSPS) is 23.6. The lowest BCUT2D eigenvalue weighted by molar-refractivity contribution is -0.00860. The van der Waals surface area contributed by atoms with Crippen molar-refractivity contribution < 1.29 is 19.3 Å². The molecule has 0 spiro atoms. The molecule has 0 radical (unpaired) electrons. The van der Waals surface area contributed by atoms with Crippen LogP contribution in [0.5, 0.6) is 0 Å². The van der Waals surface area contributed by atoms with E-state index < -0.39 is 11.8 Å². The second-order valence-electron chi connectivity index (χ2n) is 10.0. The average molecular weight is 497 g/mol. The molecule has 9 nitrogen and oxygen atoms in total. The van der Waals surface area contributed by atoms with Crippen molar-refractivity contribution >= 4 is 34.0 Å². The fourth-order valence-electron chi connectivity index (χ4n) is 4.91. The van der Waals surface area contributed by atoms with Crippen LogP contribution in [0.2, 0.25) is 0 Å². The van der Waals surface area contributed by atoms with Gasteiger partial charge >= 0.3 is 0 Å². The average Bonchev–Trinajstić information content (AvgIpc) is 2.84. The summed E-state index contributed by atoms with van der Waals surface area (Å²) >= 11 is 0. The van der Waals surface area contributed by atoms with Crippen LogP contribution in [0.15, 0.2) is 36.7 Å². The minimum atomic E-state index is -1.72. The molecule has 0 aliphatic carbocycles. The van der Waals surface area contributed by atoms with Crippen LogP contribution in [-0.4, -0.2) is 82.9 Å². The fraction of sp³-hybridized carbons (Fsp3) is 0.500. The van der Waals surface area contributed by atoms with E-state index in [1.165, 1.54) is 6.92 Å². The van der Waals surface area contributed by atoms with Crippen LogP contribution in [-0.2, 0) is 4.74 Å². The molecule has 2 aromatic heterocycles. The molecule has 0 bridgehead atoms. The Morgan fingerprint density at radius 3 is 2.72 bits per heavy atom. The number of hydrogen-bond acceptors (Lipinski definition) is 9. The summed E-state index contributed by atoms with van der Waals surface area (Å²) in [5.74, 6) is 1.52. The topological polar surface area (TPSA) is 107 Å². The van der Waals surface area contributed by atoms with Gasteiger partial charge in [0.1, 0.15) is 11.6 Å². The number of nitrogens with one attached hydrogen (secondary N) is 1. The molecule has 10 heteroatoms. The number of anilines is 4. The smallest absolute Gasteiger partial charge is 0.227 e. The molecule has 2 aliphatic rings. The van der Waals surface area contributed by atoms with Gasteiger partial charge in [-0.2, -0.15) is 4.98 Å². The number of halogens is 1. The maximum Gasteiger partial charge on any atom is 0.227 e. The lowest BCUT2D eigenvalue weighted by Crippen LogP contribution is -2.52. The molecule has 2 aliphatic heterocycles. The van der Waals surface area contributed by atoms with Crippen LogP contribution in [0.3, 0.4) is 0 Å². The van der Waals surface area contributed by atoms with Gasteiger partial charge in [-0.1, -0.05) is 13.0 Å². The van der Waals surface area contributed by atoms with Gasteiger partial charge in [0, 0.05) is 62.7 Å². The third kappa shape index (κ3) is 4.68. The number of nitrogens with zero attached hydrogens (tertiary/aromatic N) is 5. The number of ether oxygens (including phenoxy) is 1. The number of aliphatic hydroxyl groups excluding tert-OH is 2. The predicted octanol–water partition coefficient (Wildman–Crippen LogP) is 3.00. The zero-order valence-corrected chi connectivity index (χ0v) is 20.9. The Hall–Kier alpha value is -3.08. The fourth-order valence-corrected chi connectivity index (χ4v) is 4.91.